The van der Waals surface area contributed by atoms with E-state index in [2.05, 4.69) is 36.4 Å². The molecule has 4 rings (SSSR count). The van der Waals surface area contributed by atoms with Crippen molar-refractivity contribution in [3.63, 3.8) is 0 Å². The molecule has 0 saturated carbocycles. The van der Waals surface area contributed by atoms with E-state index in [-0.39, 0.29) is 0 Å². The van der Waals surface area contributed by atoms with E-state index in [1.165, 1.54) is 28.7 Å². The van der Waals surface area contributed by atoms with Crippen molar-refractivity contribution in [2.24, 2.45) is 11.8 Å². The summed E-state index contributed by atoms with van der Waals surface area (Å²) in [6.07, 6.45) is 5.84. The van der Waals surface area contributed by atoms with Gasteiger partial charge < -0.3 is 4.74 Å². The molecule has 0 aliphatic heterocycles. The fourth-order valence-corrected chi connectivity index (χ4v) is 3.93. The predicted octanol–water partition coefficient (Wildman–Crippen LogP) is 5.47. The average molecular weight is 309 g/mol. The van der Waals surface area contributed by atoms with Crippen molar-refractivity contribution in [1.82, 2.24) is 0 Å². The molecule has 0 radical (unpaired) electrons. The van der Waals surface area contributed by atoms with Crippen LogP contribution >= 0.6 is 11.6 Å². The molecule has 2 bridgehead atoms. The Hall–Kier alpha value is -1.99. The summed E-state index contributed by atoms with van der Waals surface area (Å²) in [4.78, 5) is 0. The van der Waals surface area contributed by atoms with E-state index in [9.17, 15) is 0 Å². The summed E-state index contributed by atoms with van der Waals surface area (Å²) in [5.74, 6) is 1.88. The molecular weight excluding hydrogens is 292 g/mol. The van der Waals surface area contributed by atoms with Crippen LogP contribution in [-0.2, 0) is 0 Å². The molecule has 2 heteroatoms. The fraction of sp³-hybridized carbons (Fsp3) is 0.200. The van der Waals surface area contributed by atoms with Crippen LogP contribution in [0.5, 0.6) is 5.75 Å². The molecule has 0 spiro atoms. The minimum atomic E-state index is 0.488. The Morgan fingerprint density at radius 2 is 1.59 bits per heavy atom. The van der Waals surface area contributed by atoms with Gasteiger partial charge in [-0.3, -0.25) is 0 Å². The summed E-state index contributed by atoms with van der Waals surface area (Å²) in [6.45, 7) is 0. The molecule has 22 heavy (non-hydrogen) atoms. The average Bonchev–Trinajstić information content (AvgIpc) is 3.16. The summed E-state index contributed by atoms with van der Waals surface area (Å²) >= 11 is 6.46. The Morgan fingerprint density at radius 1 is 0.909 bits per heavy atom. The largest absolute Gasteiger partial charge is 0.497 e. The van der Waals surface area contributed by atoms with Gasteiger partial charge in [0.1, 0.15) is 5.75 Å². The summed E-state index contributed by atoms with van der Waals surface area (Å²) in [6, 6.07) is 16.5. The Labute approximate surface area is 135 Å². The molecule has 0 amide bonds. The highest BCUT2D eigenvalue weighted by molar-refractivity contribution is 6.32. The summed E-state index contributed by atoms with van der Waals surface area (Å²) in [5.41, 5.74) is 5.26. The molecule has 2 unspecified atom stereocenters. The number of halogens is 1. The second-order valence-corrected chi connectivity index (χ2v) is 6.28. The Balaban J connectivity index is 1.87. The molecule has 2 aliphatic carbocycles. The van der Waals surface area contributed by atoms with E-state index in [4.69, 9.17) is 16.3 Å². The first kappa shape index (κ1) is 13.7. The van der Waals surface area contributed by atoms with Crippen LogP contribution in [0.2, 0.25) is 5.02 Å². The van der Waals surface area contributed by atoms with Gasteiger partial charge in [-0.05, 0) is 46.9 Å². The standard InChI is InChI=1S/C20H17ClO/c1-22-16-10-8-13(9-11-16)19-14-6-7-15(12-14)20(19)17-4-2-3-5-18(17)21/h2-11,14-15H,12H2,1H3. The van der Waals surface area contributed by atoms with Gasteiger partial charge in [-0.1, -0.05) is 54.1 Å². The van der Waals surface area contributed by atoms with E-state index in [1.807, 2.05) is 24.3 Å². The quantitative estimate of drug-likeness (QED) is 0.684. The number of methoxy groups -OCH3 is 1. The van der Waals surface area contributed by atoms with Crippen molar-refractivity contribution in [1.29, 1.82) is 0 Å². The zero-order valence-corrected chi connectivity index (χ0v) is 13.2. The third-order valence-electron chi connectivity index (χ3n) is 4.68. The van der Waals surface area contributed by atoms with Gasteiger partial charge in [-0.15, -0.1) is 0 Å². The van der Waals surface area contributed by atoms with Gasteiger partial charge >= 0.3 is 0 Å². The lowest BCUT2D eigenvalue weighted by Gasteiger charge is -2.18. The fourth-order valence-electron chi connectivity index (χ4n) is 3.69. The summed E-state index contributed by atoms with van der Waals surface area (Å²) in [7, 11) is 1.70. The molecule has 0 fully saturated rings. The zero-order chi connectivity index (χ0) is 15.1. The van der Waals surface area contributed by atoms with E-state index in [1.54, 1.807) is 7.11 Å². The third kappa shape index (κ3) is 2.08. The second-order valence-electron chi connectivity index (χ2n) is 5.87. The summed E-state index contributed by atoms with van der Waals surface area (Å²) < 4.78 is 5.27. The van der Waals surface area contributed by atoms with Gasteiger partial charge in [0.05, 0.1) is 7.11 Å². The lowest BCUT2D eigenvalue weighted by molar-refractivity contribution is 0.415. The van der Waals surface area contributed by atoms with Gasteiger partial charge in [0.15, 0.2) is 0 Å². The van der Waals surface area contributed by atoms with Gasteiger partial charge in [0.25, 0.3) is 0 Å². The van der Waals surface area contributed by atoms with Gasteiger partial charge in [-0.2, -0.15) is 0 Å². The van der Waals surface area contributed by atoms with Gasteiger partial charge in [0.2, 0.25) is 0 Å². The van der Waals surface area contributed by atoms with E-state index >= 15 is 0 Å². The number of benzene rings is 2. The number of hydrogen-bond donors (Lipinski definition) is 0. The highest BCUT2D eigenvalue weighted by Gasteiger charge is 2.36. The lowest BCUT2D eigenvalue weighted by Crippen LogP contribution is -1.99. The molecule has 2 aromatic rings. The van der Waals surface area contributed by atoms with Crippen LogP contribution in [-0.4, -0.2) is 7.11 Å². The minimum absolute atomic E-state index is 0.488. The molecule has 2 atom stereocenters. The van der Waals surface area contributed by atoms with Gasteiger partial charge in [0, 0.05) is 16.9 Å². The van der Waals surface area contributed by atoms with Crippen LogP contribution in [0.15, 0.2) is 60.7 Å². The number of fused-ring (bicyclic) bond motifs is 2. The molecule has 1 nitrogen and oxygen atoms in total. The van der Waals surface area contributed by atoms with E-state index in [0.717, 1.165) is 10.8 Å². The minimum Gasteiger partial charge on any atom is -0.497 e. The van der Waals surface area contributed by atoms with Crippen molar-refractivity contribution in [2.75, 3.05) is 7.11 Å². The molecular formula is C20H17ClO. The first-order valence-corrected chi connectivity index (χ1v) is 7.97. The second kappa shape index (κ2) is 5.33. The number of allylic oxidation sites excluding steroid dienone is 4. The Morgan fingerprint density at radius 3 is 2.27 bits per heavy atom. The highest BCUT2D eigenvalue weighted by Crippen LogP contribution is 2.53. The van der Waals surface area contributed by atoms with Crippen LogP contribution in [0.1, 0.15) is 17.5 Å². The van der Waals surface area contributed by atoms with Crippen molar-refractivity contribution < 1.29 is 4.74 Å². The highest BCUT2D eigenvalue weighted by atomic mass is 35.5. The molecule has 0 aromatic heterocycles. The van der Waals surface area contributed by atoms with Crippen molar-refractivity contribution in [3.05, 3.63) is 76.8 Å². The van der Waals surface area contributed by atoms with Crippen LogP contribution in [0.3, 0.4) is 0 Å². The Bertz CT molecular complexity index is 771. The molecule has 0 heterocycles. The maximum Gasteiger partial charge on any atom is 0.118 e. The SMILES string of the molecule is COc1ccc(C2=C(c3ccccc3Cl)C3C=CC2C3)cc1. The van der Waals surface area contributed by atoms with Crippen LogP contribution in [0.4, 0.5) is 0 Å². The molecule has 0 N–H and O–H groups in total. The topological polar surface area (TPSA) is 9.23 Å². The molecule has 110 valence electrons. The van der Waals surface area contributed by atoms with Crippen LogP contribution in [0.25, 0.3) is 11.1 Å². The van der Waals surface area contributed by atoms with Crippen molar-refractivity contribution in [2.45, 2.75) is 6.42 Å². The van der Waals surface area contributed by atoms with Crippen LogP contribution in [0, 0.1) is 11.8 Å². The smallest absolute Gasteiger partial charge is 0.118 e. The molecule has 2 aromatic carbocycles. The number of ether oxygens (including phenoxy) is 1. The zero-order valence-electron chi connectivity index (χ0n) is 12.4. The number of rotatable bonds is 3. The van der Waals surface area contributed by atoms with E-state index < -0.39 is 0 Å². The molecule has 0 saturated heterocycles. The Kier molecular flexibility index (Phi) is 3.31. The first-order chi connectivity index (χ1) is 10.8. The monoisotopic (exact) mass is 308 g/mol. The predicted molar refractivity (Wildman–Crippen MR) is 92.0 cm³/mol. The van der Waals surface area contributed by atoms with Crippen molar-refractivity contribution >= 4 is 22.7 Å². The number of hydrogen-bond acceptors (Lipinski definition) is 1. The van der Waals surface area contributed by atoms with Crippen molar-refractivity contribution in [3.8, 4) is 5.75 Å². The summed E-state index contributed by atoms with van der Waals surface area (Å²) in [5, 5.41) is 0.837. The first-order valence-electron chi connectivity index (χ1n) is 7.59. The molecule has 2 aliphatic rings. The maximum atomic E-state index is 6.46. The lowest BCUT2D eigenvalue weighted by atomic mass is 9.87. The maximum absolute atomic E-state index is 6.46. The van der Waals surface area contributed by atoms with Gasteiger partial charge in [-0.25, -0.2) is 0 Å². The van der Waals surface area contributed by atoms with Crippen LogP contribution < -0.4 is 4.74 Å². The third-order valence-corrected chi connectivity index (χ3v) is 5.01. The van der Waals surface area contributed by atoms with E-state index in [0.29, 0.717) is 11.8 Å². The normalized spacial score (nSPS) is 22.5.